The number of nitrogens with zero attached hydrogens (tertiary/aromatic N) is 1. The average Bonchev–Trinajstić information content (AvgIpc) is 2.58. The summed E-state index contributed by atoms with van der Waals surface area (Å²) in [5, 5.41) is 3.50. The molecule has 0 spiro atoms. The zero-order valence-electron chi connectivity index (χ0n) is 12.6. The molecule has 0 heterocycles. The molecule has 0 aromatic heterocycles. The molecule has 1 saturated carbocycles. The van der Waals surface area contributed by atoms with E-state index in [0.29, 0.717) is 6.04 Å². The molecule has 0 saturated heterocycles. The Kier molecular flexibility index (Phi) is 5.28. The lowest BCUT2D eigenvalue weighted by molar-refractivity contribution is 0.443. The Morgan fingerprint density at radius 2 is 1.59 bits per heavy atom. The van der Waals surface area contributed by atoms with Gasteiger partial charge in [-0.1, -0.05) is 65.5 Å². The Morgan fingerprint density at radius 3 is 2.27 bits per heavy atom. The van der Waals surface area contributed by atoms with Gasteiger partial charge in [0.15, 0.2) is 0 Å². The van der Waals surface area contributed by atoms with Crippen molar-refractivity contribution in [2.75, 3.05) is 5.32 Å². The zero-order chi connectivity index (χ0) is 15.2. The minimum atomic E-state index is 0.451. The normalized spacial score (nSPS) is 16.5. The van der Waals surface area contributed by atoms with Crippen molar-refractivity contribution in [2.45, 2.75) is 38.1 Å². The van der Waals surface area contributed by atoms with E-state index in [1.165, 1.54) is 32.1 Å². The molecular weight excluding hydrogens is 336 g/mol. The van der Waals surface area contributed by atoms with Gasteiger partial charge in [0.25, 0.3) is 0 Å². The summed E-state index contributed by atoms with van der Waals surface area (Å²) in [6.07, 6.45) is 6.37. The fraction of sp³-hybridized carbons (Fsp3) is 0.316. The molecule has 2 aromatic carbocycles. The molecule has 0 aliphatic heterocycles. The molecule has 2 nitrogen and oxygen atoms in total. The van der Waals surface area contributed by atoms with E-state index in [9.17, 15) is 0 Å². The molecule has 0 unspecified atom stereocenters. The first-order valence-electron chi connectivity index (χ1n) is 7.97. The third-order valence-corrected chi connectivity index (χ3v) is 4.57. The van der Waals surface area contributed by atoms with E-state index >= 15 is 0 Å². The summed E-state index contributed by atoms with van der Waals surface area (Å²) in [5.41, 5.74) is 2.22. The third-order valence-electron chi connectivity index (χ3n) is 4.04. The van der Waals surface area contributed by atoms with Crippen LogP contribution in [-0.4, -0.2) is 11.9 Å². The standard InChI is InChI=1S/C19H21BrN2/c20-16-11-13-18(14-12-16)22-19(15-7-3-1-4-8-15)21-17-9-5-2-6-10-17/h1,3-4,7-8,11-14,17H,2,5-6,9-10H2,(H,21,22). The Balaban J connectivity index is 1.85. The highest BCUT2D eigenvalue weighted by atomic mass is 79.9. The van der Waals surface area contributed by atoms with Crippen LogP contribution in [-0.2, 0) is 0 Å². The van der Waals surface area contributed by atoms with E-state index in [-0.39, 0.29) is 0 Å². The quantitative estimate of drug-likeness (QED) is 0.558. The van der Waals surface area contributed by atoms with Crippen LogP contribution in [0.1, 0.15) is 37.7 Å². The van der Waals surface area contributed by atoms with Gasteiger partial charge in [-0.05, 0) is 37.1 Å². The molecule has 0 amide bonds. The smallest absolute Gasteiger partial charge is 0.133 e. The maximum Gasteiger partial charge on any atom is 0.133 e. The van der Waals surface area contributed by atoms with E-state index in [2.05, 4.69) is 57.6 Å². The number of amidine groups is 1. The monoisotopic (exact) mass is 356 g/mol. The predicted molar refractivity (Wildman–Crippen MR) is 97.6 cm³/mol. The summed E-state index contributed by atoms with van der Waals surface area (Å²) >= 11 is 3.48. The van der Waals surface area contributed by atoms with Gasteiger partial charge in [0.05, 0.1) is 6.04 Å². The molecule has 114 valence electrons. The first kappa shape index (κ1) is 15.3. The molecule has 22 heavy (non-hydrogen) atoms. The van der Waals surface area contributed by atoms with Crippen LogP contribution in [0.4, 0.5) is 5.69 Å². The largest absolute Gasteiger partial charge is 0.340 e. The summed E-state index contributed by atoms with van der Waals surface area (Å²) in [5.74, 6) is 0.981. The summed E-state index contributed by atoms with van der Waals surface area (Å²) < 4.78 is 1.09. The first-order chi connectivity index (χ1) is 10.8. The lowest BCUT2D eigenvalue weighted by Crippen LogP contribution is -2.19. The molecule has 1 N–H and O–H groups in total. The summed E-state index contributed by atoms with van der Waals surface area (Å²) in [4.78, 5) is 5.02. The fourth-order valence-corrected chi connectivity index (χ4v) is 3.10. The van der Waals surface area contributed by atoms with Gasteiger partial charge in [0, 0.05) is 15.7 Å². The summed E-state index contributed by atoms with van der Waals surface area (Å²) in [6.45, 7) is 0. The Bertz CT molecular complexity index is 614. The van der Waals surface area contributed by atoms with Crippen molar-refractivity contribution in [3.8, 4) is 0 Å². The maximum absolute atomic E-state index is 5.02. The van der Waals surface area contributed by atoms with Crippen molar-refractivity contribution in [1.29, 1.82) is 0 Å². The molecule has 2 aromatic rings. The molecule has 0 bridgehead atoms. The van der Waals surface area contributed by atoms with Gasteiger partial charge in [-0.3, -0.25) is 4.99 Å². The highest BCUT2D eigenvalue weighted by Crippen LogP contribution is 2.22. The van der Waals surface area contributed by atoms with Gasteiger partial charge in [-0.25, -0.2) is 0 Å². The predicted octanol–water partition coefficient (Wildman–Crippen LogP) is 5.64. The maximum atomic E-state index is 5.02. The van der Waals surface area contributed by atoms with E-state index in [0.717, 1.165) is 21.6 Å². The van der Waals surface area contributed by atoms with Gasteiger partial charge in [0.2, 0.25) is 0 Å². The second-order valence-electron chi connectivity index (χ2n) is 5.77. The van der Waals surface area contributed by atoms with Crippen LogP contribution in [0.15, 0.2) is 64.1 Å². The van der Waals surface area contributed by atoms with Crippen LogP contribution in [0.2, 0.25) is 0 Å². The number of hydrogen-bond donors (Lipinski definition) is 1. The summed E-state index contributed by atoms with van der Waals surface area (Å²) in [6, 6.07) is 19.1. The second kappa shape index (κ2) is 7.59. The van der Waals surface area contributed by atoms with E-state index in [1.807, 2.05) is 18.2 Å². The van der Waals surface area contributed by atoms with Crippen molar-refractivity contribution in [3.63, 3.8) is 0 Å². The van der Waals surface area contributed by atoms with E-state index in [1.54, 1.807) is 0 Å². The Hall–Kier alpha value is -1.61. The van der Waals surface area contributed by atoms with Gasteiger partial charge >= 0.3 is 0 Å². The average molecular weight is 357 g/mol. The van der Waals surface area contributed by atoms with Gasteiger partial charge in [-0.2, -0.15) is 0 Å². The molecule has 0 atom stereocenters. The molecular formula is C19H21BrN2. The van der Waals surface area contributed by atoms with Crippen LogP contribution >= 0.6 is 15.9 Å². The van der Waals surface area contributed by atoms with Crippen molar-refractivity contribution >= 4 is 27.5 Å². The minimum absolute atomic E-state index is 0.451. The highest BCUT2D eigenvalue weighted by Gasteiger charge is 2.14. The number of halogens is 1. The molecule has 1 fully saturated rings. The number of nitrogens with one attached hydrogen (secondary N) is 1. The highest BCUT2D eigenvalue weighted by molar-refractivity contribution is 9.10. The number of anilines is 1. The lowest BCUT2D eigenvalue weighted by Gasteiger charge is -2.20. The molecule has 1 aliphatic rings. The minimum Gasteiger partial charge on any atom is -0.340 e. The topological polar surface area (TPSA) is 24.4 Å². The Morgan fingerprint density at radius 1 is 0.909 bits per heavy atom. The second-order valence-corrected chi connectivity index (χ2v) is 6.68. The van der Waals surface area contributed by atoms with Crippen LogP contribution in [0.3, 0.4) is 0 Å². The van der Waals surface area contributed by atoms with Gasteiger partial charge in [-0.15, -0.1) is 0 Å². The van der Waals surface area contributed by atoms with Crippen molar-refractivity contribution < 1.29 is 0 Å². The molecule has 0 radical (unpaired) electrons. The van der Waals surface area contributed by atoms with Crippen LogP contribution in [0, 0.1) is 0 Å². The number of rotatable bonds is 3. The van der Waals surface area contributed by atoms with Crippen LogP contribution in [0.5, 0.6) is 0 Å². The van der Waals surface area contributed by atoms with Crippen LogP contribution in [0.25, 0.3) is 0 Å². The molecule has 3 heteroatoms. The zero-order valence-corrected chi connectivity index (χ0v) is 14.2. The third kappa shape index (κ3) is 4.20. The first-order valence-corrected chi connectivity index (χ1v) is 8.76. The van der Waals surface area contributed by atoms with Crippen molar-refractivity contribution in [3.05, 3.63) is 64.6 Å². The van der Waals surface area contributed by atoms with Gasteiger partial charge < -0.3 is 5.32 Å². The van der Waals surface area contributed by atoms with Crippen LogP contribution < -0.4 is 5.32 Å². The van der Waals surface area contributed by atoms with Crippen molar-refractivity contribution in [2.24, 2.45) is 4.99 Å². The SMILES string of the molecule is Brc1ccc(NC(=NC2CCCCC2)c2ccccc2)cc1. The molecule has 1 aliphatic carbocycles. The number of aliphatic imine (C=N–C) groups is 1. The van der Waals surface area contributed by atoms with Gasteiger partial charge in [0.1, 0.15) is 5.84 Å². The number of hydrogen-bond acceptors (Lipinski definition) is 1. The summed E-state index contributed by atoms with van der Waals surface area (Å²) in [7, 11) is 0. The molecule has 3 rings (SSSR count). The lowest BCUT2D eigenvalue weighted by atomic mass is 9.96. The van der Waals surface area contributed by atoms with E-state index < -0.39 is 0 Å². The number of benzene rings is 2. The van der Waals surface area contributed by atoms with E-state index in [4.69, 9.17) is 4.99 Å². The fourth-order valence-electron chi connectivity index (χ4n) is 2.84. The van der Waals surface area contributed by atoms with Crippen molar-refractivity contribution in [1.82, 2.24) is 0 Å². The Labute approximate surface area is 140 Å².